The van der Waals surface area contributed by atoms with Crippen molar-refractivity contribution in [2.75, 3.05) is 6.54 Å². The molecule has 1 heterocycles. The minimum Gasteiger partial charge on any atom is -0.347 e. The monoisotopic (exact) mass is 196 g/mol. The quantitative estimate of drug-likeness (QED) is 0.703. The molecule has 2 N–H and O–H groups in total. The lowest BCUT2D eigenvalue weighted by Crippen LogP contribution is -2.22. The first kappa shape index (κ1) is 10.4. The molecule has 3 heteroatoms. The molecule has 0 radical (unpaired) electrons. The number of nitrogens with zero attached hydrogens (tertiary/aromatic N) is 1. The van der Waals surface area contributed by atoms with Gasteiger partial charge in [-0.1, -0.05) is 20.4 Å². The molecule has 0 aromatic rings. The Kier molecular flexibility index (Phi) is 3.63. The van der Waals surface area contributed by atoms with Gasteiger partial charge in [0.2, 0.25) is 0 Å². The van der Waals surface area contributed by atoms with E-state index in [0.717, 1.165) is 17.1 Å². The van der Waals surface area contributed by atoms with Crippen LogP contribution in [0.4, 0.5) is 0 Å². The number of hydrogen-bond donors (Lipinski definition) is 1. The molecular weight excluding hydrogens is 180 g/mol. The molecule has 1 aliphatic rings. The highest BCUT2D eigenvalue weighted by Crippen LogP contribution is 2.21. The summed E-state index contributed by atoms with van der Waals surface area (Å²) in [6.45, 7) is 9.33. The van der Waals surface area contributed by atoms with E-state index in [0.29, 0.717) is 5.92 Å². The Bertz CT molecular complexity index is 254. The molecule has 0 aromatic carbocycles. The van der Waals surface area contributed by atoms with Gasteiger partial charge < -0.3 is 4.90 Å². The van der Waals surface area contributed by atoms with Gasteiger partial charge in [-0.3, -0.25) is 5.14 Å². The van der Waals surface area contributed by atoms with Crippen LogP contribution < -0.4 is 5.14 Å². The topological polar surface area (TPSA) is 29.3 Å². The van der Waals surface area contributed by atoms with Crippen LogP contribution >= 0.6 is 11.9 Å². The third kappa shape index (κ3) is 2.94. The molecule has 1 aliphatic heterocycles. The maximum absolute atomic E-state index is 5.48. The summed E-state index contributed by atoms with van der Waals surface area (Å²) < 4.78 is 0. The number of hydrogen-bond acceptors (Lipinski definition) is 3. The van der Waals surface area contributed by atoms with Gasteiger partial charge in [0.1, 0.15) is 0 Å². The van der Waals surface area contributed by atoms with E-state index in [1.807, 2.05) is 18.4 Å². The molecular formula is C10H16N2S. The fourth-order valence-electron chi connectivity index (χ4n) is 1.19. The number of allylic oxidation sites excluding steroid dienone is 2. The Morgan fingerprint density at radius 2 is 2.23 bits per heavy atom. The highest BCUT2D eigenvalue weighted by atomic mass is 32.2. The van der Waals surface area contributed by atoms with E-state index in [9.17, 15) is 0 Å². The molecule has 1 rings (SSSR count). The molecule has 0 aliphatic carbocycles. The molecule has 0 unspecified atom stereocenters. The van der Waals surface area contributed by atoms with Gasteiger partial charge in [0.15, 0.2) is 0 Å². The summed E-state index contributed by atoms with van der Waals surface area (Å²) in [6.07, 6.45) is 6.04. The van der Waals surface area contributed by atoms with E-state index >= 15 is 0 Å². The second-order valence-electron chi connectivity index (χ2n) is 3.52. The average Bonchev–Trinajstić information content (AvgIpc) is 2.08. The fourth-order valence-corrected chi connectivity index (χ4v) is 1.52. The molecule has 0 saturated heterocycles. The molecule has 72 valence electrons. The Hall–Kier alpha value is -0.670. The zero-order valence-electron chi connectivity index (χ0n) is 8.16. The zero-order valence-corrected chi connectivity index (χ0v) is 8.97. The second kappa shape index (κ2) is 4.53. The van der Waals surface area contributed by atoms with Crippen LogP contribution in [0.25, 0.3) is 0 Å². The van der Waals surface area contributed by atoms with Crippen LogP contribution in [0.5, 0.6) is 0 Å². The third-order valence-electron chi connectivity index (χ3n) is 1.79. The van der Waals surface area contributed by atoms with Crippen LogP contribution in [-0.2, 0) is 0 Å². The second-order valence-corrected chi connectivity index (χ2v) is 4.23. The van der Waals surface area contributed by atoms with Crippen molar-refractivity contribution in [3.05, 3.63) is 35.5 Å². The Labute approximate surface area is 84.3 Å². The standard InChI is InChI=1S/C10H16N2S/c1-8(2)6-12-7-10(13-11)5-4-9(12)3/h4-5,7-8H,3,6,11H2,1-2H3. The summed E-state index contributed by atoms with van der Waals surface area (Å²) in [5.41, 5.74) is 1.03. The van der Waals surface area contributed by atoms with Crippen molar-refractivity contribution in [3.63, 3.8) is 0 Å². The third-order valence-corrected chi connectivity index (χ3v) is 2.30. The van der Waals surface area contributed by atoms with Crippen LogP contribution in [0.3, 0.4) is 0 Å². The molecule has 2 nitrogen and oxygen atoms in total. The molecule has 0 fully saturated rings. The summed E-state index contributed by atoms with van der Waals surface area (Å²) >= 11 is 1.27. The van der Waals surface area contributed by atoms with Gasteiger partial charge in [-0.2, -0.15) is 0 Å². The van der Waals surface area contributed by atoms with Crippen LogP contribution in [0.1, 0.15) is 13.8 Å². The van der Waals surface area contributed by atoms with E-state index in [4.69, 9.17) is 5.14 Å². The van der Waals surface area contributed by atoms with Crippen LogP contribution in [-0.4, -0.2) is 11.4 Å². The molecule has 0 atom stereocenters. The molecule has 0 spiro atoms. The summed E-state index contributed by atoms with van der Waals surface area (Å²) in [5.74, 6) is 0.628. The Morgan fingerprint density at radius 3 is 2.77 bits per heavy atom. The highest BCUT2D eigenvalue weighted by molar-refractivity contribution is 8.01. The summed E-state index contributed by atoms with van der Waals surface area (Å²) in [5, 5.41) is 5.48. The summed E-state index contributed by atoms with van der Waals surface area (Å²) in [4.78, 5) is 3.22. The van der Waals surface area contributed by atoms with Crippen molar-refractivity contribution < 1.29 is 0 Å². The first-order chi connectivity index (χ1) is 6.13. The van der Waals surface area contributed by atoms with E-state index in [-0.39, 0.29) is 0 Å². The van der Waals surface area contributed by atoms with E-state index < -0.39 is 0 Å². The van der Waals surface area contributed by atoms with E-state index in [2.05, 4.69) is 25.3 Å². The highest BCUT2D eigenvalue weighted by Gasteiger charge is 2.09. The Balaban J connectivity index is 2.67. The van der Waals surface area contributed by atoms with Crippen LogP contribution in [0.15, 0.2) is 35.5 Å². The predicted molar refractivity (Wildman–Crippen MR) is 59.7 cm³/mol. The van der Waals surface area contributed by atoms with Gasteiger partial charge in [-0.15, -0.1) is 0 Å². The maximum atomic E-state index is 5.48. The van der Waals surface area contributed by atoms with Crippen molar-refractivity contribution >= 4 is 11.9 Å². The largest absolute Gasteiger partial charge is 0.347 e. The van der Waals surface area contributed by atoms with Crippen molar-refractivity contribution in [3.8, 4) is 0 Å². The van der Waals surface area contributed by atoms with Crippen LogP contribution in [0, 0.1) is 5.92 Å². The van der Waals surface area contributed by atoms with Crippen molar-refractivity contribution in [2.24, 2.45) is 11.1 Å². The van der Waals surface area contributed by atoms with Crippen molar-refractivity contribution in [1.82, 2.24) is 4.90 Å². The fraction of sp³-hybridized carbons (Fsp3) is 0.400. The smallest absolute Gasteiger partial charge is 0.0388 e. The minimum absolute atomic E-state index is 0.628. The first-order valence-corrected chi connectivity index (χ1v) is 5.23. The molecule has 0 bridgehead atoms. The molecule has 0 aromatic heterocycles. The van der Waals surface area contributed by atoms with Crippen LogP contribution in [0.2, 0.25) is 0 Å². The van der Waals surface area contributed by atoms with Gasteiger partial charge in [0, 0.05) is 23.3 Å². The average molecular weight is 196 g/mol. The van der Waals surface area contributed by atoms with E-state index in [1.165, 1.54) is 11.9 Å². The van der Waals surface area contributed by atoms with Gasteiger partial charge in [0.25, 0.3) is 0 Å². The van der Waals surface area contributed by atoms with Gasteiger partial charge in [0.05, 0.1) is 0 Å². The Morgan fingerprint density at radius 1 is 1.54 bits per heavy atom. The zero-order chi connectivity index (χ0) is 9.84. The summed E-state index contributed by atoms with van der Waals surface area (Å²) in [7, 11) is 0. The van der Waals surface area contributed by atoms with Gasteiger partial charge in [-0.25, -0.2) is 0 Å². The normalized spacial score (nSPS) is 16.8. The maximum Gasteiger partial charge on any atom is 0.0388 e. The minimum atomic E-state index is 0.628. The molecule has 13 heavy (non-hydrogen) atoms. The van der Waals surface area contributed by atoms with Crippen molar-refractivity contribution in [1.29, 1.82) is 0 Å². The lowest BCUT2D eigenvalue weighted by atomic mass is 10.2. The predicted octanol–water partition coefficient (Wildman–Crippen LogP) is 2.48. The number of rotatable bonds is 3. The lowest BCUT2D eigenvalue weighted by Gasteiger charge is -2.26. The number of nitrogens with two attached hydrogens (primary N) is 1. The van der Waals surface area contributed by atoms with Gasteiger partial charge in [-0.05, 0) is 30.0 Å². The van der Waals surface area contributed by atoms with E-state index in [1.54, 1.807) is 0 Å². The molecule has 0 saturated carbocycles. The SMILES string of the molecule is C=C1C=CC(SN)=CN1CC(C)C. The van der Waals surface area contributed by atoms with Crippen molar-refractivity contribution in [2.45, 2.75) is 13.8 Å². The summed E-state index contributed by atoms with van der Waals surface area (Å²) in [6, 6.07) is 0. The first-order valence-electron chi connectivity index (χ1n) is 4.35. The molecule has 0 amide bonds. The lowest BCUT2D eigenvalue weighted by molar-refractivity contribution is 0.405. The van der Waals surface area contributed by atoms with Gasteiger partial charge >= 0.3 is 0 Å².